The van der Waals surface area contributed by atoms with E-state index in [2.05, 4.69) is 25.9 Å². The molecule has 18 heavy (non-hydrogen) atoms. The van der Waals surface area contributed by atoms with Crippen LogP contribution >= 0.6 is 0 Å². The normalized spacial score (nSPS) is 21.2. The van der Waals surface area contributed by atoms with Crippen molar-refractivity contribution in [3.8, 4) is 0 Å². The molecule has 0 radical (unpaired) electrons. The van der Waals surface area contributed by atoms with Crippen LogP contribution in [0.3, 0.4) is 0 Å². The molecule has 0 saturated carbocycles. The van der Waals surface area contributed by atoms with E-state index in [1.807, 2.05) is 0 Å². The Morgan fingerprint density at radius 3 is 2.83 bits per heavy atom. The number of anilines is 3. The Balaban J connectivity index is 2.27. The minimum Gasteiger partial charge on any atom is -0.391 e. The molecule has 0 spiro atoms. The summed E-state index contributed by atoms with van der Waals surface area (Å²) in [6.45, 7) is 1.87. The van der Waals surface area contributed by atoms with Crippen molar-refractivity contribution < 1.29 is 10.2 Å². The first kappa shape index (κ1) is 12.7. The second-order valence-electron chi connectivity index (χ2n) is 4.25. The van der Waals surface area contributed by atoms with Crippen LogP contribution in [0.15, 0.2) is 4.79 Å². The summed E-state index contributed by atoms with van der Waals surface area (Å²) in [6.07, 6.45) is -1.84. The van der Waals surface area contributed by atoms with Crippen LogP contribution in [0.1, 0.15) is 6.92 Å². The first-order chi connectivity index (χ1) is 8.52. The monoisotopic (exact) mass is 255 g/mol. The van der Waals surface area contributed by atoms with Crippen molar-refractivity contribution in [2.75, 3.05) is 29.5 Å². The first-order valence-electron chi connectivity index (χ1n) is 5.71. The molecule has 100 valence electrons. The summed E-state index contributed by atoms with van der Waals surface area (Å²) in [4.78, 5) is 18.5. The molecule has 1 aliphatic heterocycles. The van der Waals surface area contributed by atoms with Gasteiger partial charge in [0.05, 0.1) is 12.1 Å². The fourth-order valence-electron chi connectivity index (χ4n) is 1.84. The lowest BCUT2D eigenvalue weighted by Gasteiger charge is -2.31. The molecule has 0 bridgehead atoms. The number of aliphatic hydroxyl groups excluding tert-OH is 2. The van der Waals surface area contributed by atoms with E-state index in [1.165, 1.54) is 6.92 Å². The van der Waals surface area contributed by atoms with E-state index in [-0.39, 0.29) is 11.2 Å². The molecule has 8 nitrogen and oxygen atoms in total. The molecule has 1 aromatic heterocycles. The van der Waals surface area contributed by atoms with Gasteiger partial charge in [0.1, 0.15) is 11.8 Å². The lowest BCUT2D eigenvalue weighted by Crippen LogP contribution is -2.48. The highest BCUT2D eigenvalue weighted by atomic mass is 16.3. The van der Waals surface area contributed by atoms with E-state index in [1.54, 1.807) is 7.05 Å². The number of aromatic nitrogens is 2. The van der Waals surface area contributed by atoms with Gasteiger partial charge in [-0.3, -0.25) is 9.78 Å². The molecule has 2 heterocycles. The maximum Gasteiger partial charge on any atom is 0.277 e. The van der Waals surface area contributed by atoms with Gasteiger partial charge in [-0.05, 0) is 6.92 Å². The van der Waals surface area contributed by atoms with Crippen LogP contribution in [0, 0.1) is 0 Å². The van der Waals surface area contributed by atoms with Gasteiger partial charge in [0.15, 0.2) is 5.82 Å². The van der Waals surface area contributed by atoms with Crippen molar-refractivity contribution in [1.82, 2.24) is 9.97 Å². The summed E-state index contributed by atoms with van der Waals surface area (Å²) in [5, 5.41) is 27.7. The number of rotatable bonds is 3. The molecule has 1 aliphatic rings. The summed E-state index contributed by atoms with van der Waals surface area (Å²) in [5.41, 5.74) is -0.0655. The lowest BCUT2D eigenvalue weighted by atomic mass is 10.0. The van der Waals surface area contributed by atoms with Gasteiger partial charge in [0.2, 0.25) is 5.95 Å². The van der Waals surface area contributed by atoms with Crippen molar-refractivity contribution in [3.63, 3.8) is 0 Å². The zero-order chi connectivity index (χ0) is 13.3. The molecule has 0 fully saturated rings. The molecule has 2 rings (SSSR count). The Kier molecular flexibility index (Phi) is 3.39. The fraction of sp³-hybridized carbons (Fsp3) is 0.600. The maximum atomic E-state index is 11.8. The summed E-state index contributed by atoms with van der Waals surface area (Å²) >= 11 is 0. The molecule has 0 aromatic carbocycles. The molecule has 0 saturated heterocycles. The average molecular weight is 255 g/mol. The minimum atomic E-state index is -0.964. The number of nitrogens with zero attached hydrogens (tertiary/aromatic N) is 1. The van der Waals surface area contributed by atoms with Crippen LogP contribution in [0.25, 0.3) is 0 Å². The Hall–Kier alpha value is -1.80. The highest BCUT2D eigenvalue weighted by Gasteiger charge is 2.29. The zero-order valence-electron chi connectivity index (χ0n) is 10.2. The zero-order valence-corrected chi connectivity index (χ0v) is 10.2. The van der Waals surface area contributed by atoms with Gasteiger partial charge in [-0.1, -0.05) is 0 Å². The van der Waals surface area contributed by atoms with Crippen LogP contribution in [-0.2, 0) is 0 Å². The van der Waals surface area contributed by atoms with E-state index in [0.717, 1.165) is 0 Å². The highest BCUT2D eigenvalue weighted by molar-refractivity contribution is 5.67. The molecule has 0 aliphatic carbocycles. The average Bonchev–Trinajstić information content (AvgIpc) is 2.37. The summed E-state index contributed by atoms with van der Waals surface area (Å²) in [5.74, 6) is 0.791. The van der Waals surface area contributed by atoms with Gasteiger partial charge in [-0.25, -0.2) is 0 Å². The van der Waals surface area contributed by atoms with Crippen molar-refractivity contribution in [2.45, 2.75) is 25.2 Å². The van der Waals surface area contributed by atoms with Crippen molar-refractivity contribution >= 4 is 17.5 Å². The quantitative estimate of drug-likeness (QED) is 0.399. The third kappa shape index (κ3) is 2.24. The number of fused-ring (bicyclic) bond motifs is 1. The number of aliphatic hydroxyl groups is 2. The number of hydrogen-bond acceptors (Lipinski definition) is 7. The molecule has 3 atom stereocenters. The minimum absolute atomic E-state index is 0.268. The van der Waals surface area contributed by atoms with E-state index < -0.39 is 18.2 Å². The fourth-order valence-corrected chi connectivity index (χ4v) is 1.84. The van der Waals surface area contributed by atoms with Gasteiger partial charge < -0.3 is 26.2 Å². The molecular weight excluding hydrogens is 238 g/mol. The smallest absolute Gasteiger partial charge is 0.277 e. The van der Waals surface area contributed by atoms with Gasteiger partial charge in [0, 0.05) is 13.6 Å². The predicted molar refractivity (Wildman–Crippen MR) is 68.0 cm³/mol. The summed E-state index contributed by atoms with van der Waals surface area (Å²) in [6, 6.07) is -0.444. The second-order valence-corrected chi connectivity index (χ2v) is 4.25. The van der Waals surface area contributed by atoms with E-state index in [4.69, 9.17) is 0 Å². The third-order valence-corrected chi connectivity index (χ3v) is 2.88. The van der Waals surface area contributed by atoms with Crippen LogP contribution in [-0.4, -0.2) is 52.0 Å². The summed E-state index contributed by atoms with van der Waals surface area (Å²) < 4.78 is 0. The molecule has 8 heteroatoms. The van der Waals surface area contributed by atoms with Crippen LogP contribution in [0.2, 0.25) is 0 Å². The Bertz CT molecular complexity index is 487. The summed E-state index contributed by atoms with van der Waals surface area (Å²) in [7, 11) is 1.65. The van der Waals surface area contributed by atoms with E-state index in [0.29, 0.717) is 18.3 Å². The SMILES string of the molecule is CNc1nc2c(c(=O)[nH]1)NC(C(O)C(C)O)CN2. The number of hydrogen-bond donors (Lipinski definition) is 6. The van der Waals surface area contributed by atoms with Crippen LogP contribution < -0.4 is 21.5 Å². The molecule has 0 amide bonds. The molecular formula is C10H17N5O3. The van der Waals surface area contributed by atoms with Crippen molar-refractivity contribution in [2.24, 2.45) is 0 Å². The molecule has 3 unspecified atom stereocenters. The first-order valence-corrected chi connectivity index (χ1v) is 5.71. The van der Waals surface area contributed by atoms with Crippen LogP contribution in [0.5, 0.6) is 0 Å². The van der Waals surface area contributed by atoms with Gasteiger partial charge in [0.25, 0.3) is 5.56 Å². The number of nitrogens with one attached hydrogen (secondary N) is 4. The third-order valence-electron chi connectivity index (χ3n) is 2.88. The van der Waals surface area contributed by atoms with Crippen molar-refractivity contribution in [1.29, 1.82) is 0 Å². The topological polar surface area (TPSA) is 122 Å². The maximum absolute atomic E-state index is 11.8. The standard InChI is InChI=1S/C10H17N5O3/c1-4(16)7(17)5-3-12-8-6(13-5)9(18)15-10(11-2)14-8/h4-5,7,13,16-17H,3H2,1-2H3,(H3,11,12,14,15,18). The number of H-pyrrole nitrogens is 1. The number of aromatic amines is 1. The van der Waals surface area contributed by atoms with E-state index in [9.17, 15) is 15.0 Å². The molecule has 6 N–H and O–H groups in total. The second kappa shape index (κ2) is 4.83. The van der Waals surface area contributed by atoms with Crippen molar-refractivity contribution in [3.05, 3.63) is 10.4 Å². The van der Waals surface area contributed by atoms with Gasteiger partial charge >= 0.3 is 0 Å². The largest absolute Gasteiger partial charge is 0.391 e. The lowest BCUT2D eigenvalue weighted by molar-refractivity contribution is 0.0214. The predicted octanol–water partition coefficient (Wildman–Crippen LogP) is -1.24. The Morgan fingerprint density at radius 1 is 1.50 bits per heavy atom. The highest BCUT2D eigenvalue weighted by Crippen LogP contribution is 2.22. The van der Waals surface area contributed by atoms with Gasteiger partial charge in [-0.2, -0.15) is 4.98 Å². The van der Waals surface area contributed by atoms with E-state index >= 15 is 0 Å². The molecule has 1 aromatic rings. The Labute approximate surface area is 103 Å². The Morgan fingerprint density at radius 2 is 2.22 bits per heavy atom. The van der Waals surface area contributed by atoms with Gasteiger partial charge in [-0.15, -0.1) is 0 Å². The van der Waals surface area contributed by atoms with Crippen LogP contribution in [0.4, 0.5) is 17.5 Å².